The van der Waals surface area contributed by atoms with Crippen LogP contribution < -0.4 is 10.6 Å². The molecule has 1 aromatic heterocycles. The highest BCUT2D eigenvalue weighted by molar-refractivity contribution is 5.85. The number of likely N-dealkylation sites (N-methyl/N-ethyl adjacent to an activating group) is 1. The third kappa shape index (κ3) is 4.74. The van der Waals surface area contributed by atoms with Gasteiger partial charge in [0.15, 0.2) is 5.96 Å². The second-order valence-electron chi connectivity index (χ2n) is 7.51. The van der Waals surface area contributed by atoms with Crippen LogP contribution in [0.4, 0.5) is 0 Å². The number of aromatic nitrogens is 3. The van der Waals surface area contributed by atoms with Gasteiger partial charge in [-0.25, -0.2) is 14.7 Å². The molecule has 1 atom stereocenters. The molecule has 0 spiro atoms. The number of rotatable bonds is 4. The summed E-state index contributed by atoms with van der Waals surface area (Å²) in [5, 5.41) is 11.5. The van der Waals surface area contributed by atoms with Gasteiger partial charge < -0.3 is 15.5 Å². The van der Waals surface area contributed by atoms with E-state index in [1.165, 1.54) is 19.3 Å². The highest BCUT2D eigenvalue weighted by atomic mass is 16.2. The lowest BCUT2D eigenvalue weighted by molar-refractivity contribution is -0.127. The van der Waals surface area contributed by atoms with Gasteiger partial charge >= 0.3 is 0 Å². The molecule has 2 N–H and O–H groups in total. The van der Waals surface area contributed by atoms with Gasteiger partial charge in [-0.2, -0.15) is 5.10 Å². The van der Waals surface area contributed by atoms with Crippen molar-refractivity contribution >= 4 is 11.9 Å². The molecule has 144 valence electrons. The van der Waals surface area contributed by atoms with Crippen molar-refractivity contribution in [2.75, 3.05) is 20.6 Å². The van der Waals surface area contributed by atoms with E-state index in [1.54, 1.807) is 19.0 Å². The predicted octanol–water partition coefficient (Wildman–Crippen LogP) is 1.38. The monoisotopic (exact) mass is 361 g/mol. The lowest BCUT2D eigenvalue weighted by Crippen LogP contribution is -2.47. The molecule has 1 aliphatic carbocycles. The van der Waals surface area contributed by atoms with E-state index in [2.05, 4.69) is 25.7 Å². The second-order valence-corrected chi connectivity index (χ2v) is 7.51. The van der Waals surface area contributed by atoms with Gasteiger partial charge in [-0.15, -0.1) is 0 Å². The summed E-state index contributed by atoms with van der Waals surface area (Å²) in [5.74, 6) is 2.48. The van der Waals surface area contributed by atoms with E-state index in [1.807, 2.05) is 11.6 Å². The van der Waals surface area contributed by atoms with E-state index in [9.17, 15) is 4.79 Å². The number of hydrogen-bond acceptors (Lipinski definition) is 4. The van der Waals surface area contributed by atoms with Crippen molar-refractivity contribution in [1.82, 2.24) is 30.3 Å². The van der Waals surface area contributed by atoms with Crippen LogP contribution in [-0.2, 0) is 11.3 Å². The molecule has 26 heavy (non-hydrogen) atoms. The fourth-order valence-corrected chi connectivity index (χ4v) is 3.63. The summed E-state index contributed by atoms with van der Waals surface area (Å²) in [4.78, 5) is 22.7. The van der Waals surface area contributed by atoms with E-state index in [0.717, 1.165) is 43.9 Å². The van der Waals surface area contributed by atoms with Crippen molar-refractivity contribution in [3.63, 3.8) is 0 Å². The Morgan fingerprint density at radius 3 is 2.69 bits per heavy atom. The molecule has 1 saturated carbocycles. The van der Waals surface area contributed by atoms with Gasteiger partial charge in [0, 0.05) is 26.7 Å². The van der Waals surface area contributed by atoms with Crippen LogP contribution in [0.5, 0.6) is 0 Å². The minimum Gasteiger partial charge on any atom is -0.354 e. The van der Waals surface area contributed by atoms with Crippen molar-refractivity contribution in [2.45, 2.75) is 70.5 Å². The molecule has 1 aromatic rings. The Morgan fingerprint density at radius 2 is 1.96 bits per heavy atom. The van der Waals surface area contributed by atoms with Crippen LogP contribution in [0, 0.1) is 6.92 Å². The molecule has 1 amide bonds. The fourth-order valence-electron chi connectivity index (χ4n) is 3.63. The number of aliphatic imine (C=N–C) groups is 1. The molecule has 1 fully saturated rings. The number of guanidine groups is 1. The van der Waals surface area contributed by atoms with Gasteiger partial charge in [0.05, 0.1) is 6.04 Å². The van der Waals surface area contributed by atoms with Crippen molar-refractivity contribution < 1.29 is 4.79 Å². The Balaban J connectivity index is 1.72. The number of amides is 1. The molecule has 8 nitrogen and oxygen atoms in total. The third-order valence-corrected chi connectivity index (χ3v) is 5.11. The SMILES string of the molecule is Cc1nc2n(n1)CCCC2NC(=NCC(=O)N(C)C)NC1CCCCC1. The molecule has 0 bridgehead atoms. The van der Waals surface area contributed by atoms with E-state index in [4.69, 9.17) is 0 Å². The smallest absolute Gasteiger partial charge is 0.243 e. The molecule has 3 rings (SSSR count). The first-order chi connectivity index (χ1) is 12.5. The van der Waals surface area contributed by atoms with E-state index in [0.29, 0.717) is 12.0 Å². The van der Waals surface area contributed by atoms with Gasteiger partial charge in [-0.3, -0.25) is 4.79 Å². The van der Waals surface area contributed by atoms with Gasteiger partial charge in [-0.1, -0.05) is 19.3 Å². The molecule has 2 heterocycles. The Labute approximate surface area is 155 Å². The maximum atomic E-state index is 12.0. The zero-order chi connectivity index (χ0) is 18.5. The number of nitrogens with one attached hydrogen (secondary N) is 2. The first kappa shape index (κ1) is 18.7. The van der Waals surface area contributed by atoms with Crippen LogP contribution in [0.1, 0.15) is 62.6 Å². The topological polar surface area (TPSA) is 87.4 Å². The molecule has 1 unspecified atom stereocenters. The summed E-state index contributed by atoms with van der Waals surface area (Å²) in [5.41, 5.74) is 0. The number of hydrogen-bond donors (Lipinski definition) is 2. The molecule has 1 aliphatic heterocycles. The van der Waals surface area contributed by atoms with Crippen LogP contribution in [0.3, 0.4) is 0 Å². The number of nitrogens with zero attached hydrogens (tertiary/aromatic N) is 5. The Kier molecular flexibility index (Phi) is 6.11. The van der Waals surface area contributed by atoms with Crippen molar-refractivity contribution in [1.29, 1.82) is 0 Å². The minimum absolute atomic E-state index is 0.00241. The summed E-state index contributed by atoms with van der Waals surface area (Å²) < 4.78 is 1.99. The first-order valence-corrected chi connectivity index (χ1v) is 9.72. The molecule has 0 aromatic carbocycles. The zero-order valence-electron chi connectivity index (χ0n) is 16.2. The van der Waals surface area contributed by atoms with Crippen LogP contribution in [0.2, 0.25) is 0 Å². The maximum Gasteiger partial charge on any atom is 0.243 e. The molecular formula is C18H31N7O. The van der Waals surface area contributed by atoms with Crippen LogP contribution >= 0.6 is 0 Å². The number of aryl methyl sites for hydroxylation is 2. The predicted molar refractivity (Wildman–Crippen MR) is 101 cm³/mol. The van der Waals surface area contributed by atoms with E-state index in [-0.39, 0.29) is 18.5 Å². The zero-order valence-corrected chi connectivity index (χ0v) is 16.2. The fraction of sp³-hybridized carbons (Fsp3) is 0.778. The van der Waals surface area contributed by atoms with Crippen molar-refractivity contribution in [2.24, 2.45) is 4.99 Å². The third-order valence-electron chi connectivity index (χ3n) is 5.11. The summed E-state index contributed by atoms with van der Waals surface area (Å²) >= 11 is 0. The Bertz CT molecular complexity index is 646. The van der Waals surface area contributed by atoms with E-state index >= 15 is 0 Å². The Morgan fingerprint density at radius 1 is 1.19 bits per heavy atom. The lowest BCUT2D eigenvalue weighted by atomic mass is 9.96. The van der Waals surface area contributed by atoms with Gasteiger partial charge in [0.25, 0.3) is 0 Å². The highest BCUT2D eigenvalue weighted by Gasteiger charge is 2.25. The van der Waals surface area contributed by atoms with Crippen LogP contribution in [0.15, 0.2) is 4.99 Å². The lowest BCUT2D eigenvalue weighted by Gasteiger charge is -2.29. The summed E-state index contributed by atoms with van der Waals surface area (Å²) in [6, 6.07) is 0.502. The van der Waals surface area contributed by atoms with Crippen LogP contribution in [-0.4, -0.2) is 58.2 Å². The van der Waals surface area contributed by atoms with E-state index < -0.39 is 0 Å². The van der Waals surface area contributed by atoms with Crippen molar-refractivity contribution in [3.05, 3.63) is 11.6 Å². The summed E-state index contributed by atoms with van der Waals surface area (Å²) in [6.07, 6.45) is 8.16. The number of carbonyl (C=O) groups is 1. The van der Waals surface area contributed by atoms with Gasteiger partial charge in [-0.05, 0) is 32.6 Å². The molecular weight excluding hydrogens is 330 g/mol. The minimum atomic E-state index is -0.00241. The average Bonchev–Trinajstić information content (AvgIpc) is 3.01. The largest absolute Gasteiger partial charge is 0.354 e. The molecule has 0 saturated heterocycles. The van der Waals surface area contributed by atoms with Crippen LogP contribution in [0.25, 0.3) is 0 Å². The average molecular weight is 361 g/mol. The summed E-state index contributed by atoms with van der Waals surface area (Å²) in [7, 11) is 3.51. The first-order valence-electron chi connectivity index (χ1n) is 9.72. The normalized spacial score (nSPS) is 21.2. The Hall–Kier alpha value is -2.12. The van der Waals surface area contributed by atoms with Gasteiger partial charge in [0.1, 0.15) is 18.2 Å². The molecule has 2 aliphatic rings. The maximum absolute atomic E-state index is 12.0. The molecule has 0 radical (unpaired) electrons. The summed E-state index contributed by atoms with van der Waals surface area (Å²) in [6.45, 7) is 2.98. The molecule has 8 heteroatoms. The number of carbonyl (C=O) groups excluding carboxylic acids is 1. The quantitative estimate of drug-likeness (QED) is 0.625. The van der Waals surface area contributed by atoms with Gasteiger partial charge in [0.2, 0.25) is 5.91 Å². The highest BCUT2D eigenvalue weighted by Crippen LogP contribution is 2.23. The number of fused-ring (bicyclic) bond motifs is 1. The second kappa shape index (κ2) is 8.51. The standard InChI is InChI=1S/C18H31N7O/c1-13-20-17-15(10-7-11-25(17)23-13)22-18(19-12-16(26)24(2)3)21-14-8-5-4-6-9-14/h14-15H,4-12H2,1-3H3,(H2,19,21,22). The van der Waals surface area contributed by atoms with Crippen molar-refractivity contribution in [3.8, 4) is 0 Å².